The Morgan fingerprint density at radius 2 is 1.76 bits per heavy atom. The third kappa shape index (κ3) is 3.81. The average Bonchev–Trinajstić information content (AvgIpc) is 3.39. The monoisotopic (exact) mass is 455 g/mol. The fourth-order valence-corrected chi connectivity index (χ4v) is 4.49. The molecule has 162 valence electrons. The first kappa shape index (κ1) is 19.5. The Bertz CT molecular complexity index is 1560. The summed E-state index contributed by atoms with van der Waals surface area (Å²) in [6, 6.07) is 24.6. The van der Waals surface area contributed by atoms with Gasteiger partial charge in [0, 0.05) is 0 Å². The fourth-order valence-electron chi connectivity index (χ4n) is 3.58. The van der Waals surface area contributed by atoms with E-state index in [0.29, 0.717) is 32.6 Å². The van der Waals surface area contributed by atoms with Crippen LogP contribution in [-0.4, -0.2) is 21.2 Å². The molecule has 6 rings (SSSR count). The second-order valence-corrected chi connectivity index (χ2v) is 8.44. The van der Waals surface area contributed by atoms with Crippen molar-refractivity contribution in [3.63, 3.8) is 0 Å². The molecule has 3 aromatic carbocycles. The summed E-state index contributed by atoms with van der Waals surface area (Å²) in [6.45, 7) is 0.288. The summed E-state index contributed by atoms with van der Waals surface area (Å²) in [7, 11) is 0. The molecule has 1 aliphatic rings. The van der Waals surface area contributed by atoms with E-state index >= 15 is 0 Å². The Kier molecular flexibility index (Phi) is 4.77. The summed E-state index contributed by atoms with van der Waals surface area (Å²) < 4.78 is 19.5. The van der Waals surface area contributed by atoms with Crippen molar-refractivity contribution in [3.8, 4) is 23.0 Å². The second kappa shape index (κ2) is 8.07. The smallest absolute Gasteiger partial charge is 0.291 e. The molecule has 0 N–H and O–H groups in total. The van der Waals surface area contributed by atoms with Crippen molar-refractivity contribution < 1.29 is 14.2 Å². The topological polar surface area (TPSA) is 75.0 Å². The summed E-state index contributed by atoms with van der Waals surface area (Å²) in [5.41, 5.74) is 0.631. The van der Waals surface area contributed by atoms with E-state index in [1.54, 1.807) is 0 Å². The minimum atomic E-state index is -0.467. The third-order valence-electron chi connectivity index (χ3n) is 5.13. The van der Waals surface area contributed by atoms with Crippen LogP contribution in [0.25, 0.3) is 11.0 Å². The van der Waals surface area contributed by atoms with Crippen LogP contribution < -0.4 is 24.3 Å². The fraction of sp³-hybridized carbons (Fsp3) is 0.0800. The van der Waals surface area contributed by atoms with Gasteiger partial charge in [-0.15, -0.1) is 5.10 Å². The number of ether oxygens (including phenoxy) is 3. The predicted molar refractivity (Wildman–Crippen MR) is 124 cm³/mol. The number of fused-ring (bicyclic) bond motifs is 2. The first-order valence-corrected chi connectivity index (χ1v) is 11.2. The molecule has 5 aromatic rings. The van der Waals surface area contributed by atoms with Gasteiger partial charge >= 0.3 is 0 Å². The summed E-state index contributed by atoms with van der Waals surface area (Å²) in [6.07, 6.45) is 1.35. The standard InChI is InChI=1S/C25H17N3O4S/c29-24-22(14-16-7-6-10-18(13-16)31-17-8-2-1-3-9-17)33-25-26-23(27-28(24)25)21-15-30-19-11-4-5-12-20(19)32-21/h1-14,21H,15H2/b22-14-/t21-/m0/s1. The number of thiazole rings is 1. The summed E-state index contributed by atoms with van der Waals surface area (Å²) in [4.78, 5) is 18.0. The van der Waals surface area contributed by atoms with E-state index in [1.165, 1.54) is 15.9 Å². The van der Waals surface area contributed by atoms with E-state index in [1.807, 2.05) is 84.9 Å². The Morgan fingerprint density at radius 1 is 0.970 bits per heavy atom. The van der Waals surface area contributed by atoms with Crippen molar-refractivity contribution >= 4 is 22.4 Å². The molecular weight excluding hydrogens is 438 g/mol. The highest BCUT2D eigenvalue weighted by Gasteiger charge is 2.27. The maximum absolute atomic E-state index is 12.9. The van der Waals surface area contributed by atoms with E-state index < -0.39 is 6.10 Å². The van der Waals surface area contributed by atoms with Crippen LogP contribution >= 0.6 is 11.3 Å². The molecule has 0 spiro atoms. The van der Waals surface area contributed by atoms with Gasteiger partial charge in [0.15, 0.2) is 23.4 Å². The highest BCUT2D eigenvalue weighted by molar-refractivity contribution is 7.15. The Morgan fingerprint density at radius 3 is 2.61 bits per heavy atom. The molecule has 7 nitrogen and oxygen atoms in total. The molecule has 1 aliphatic heterocycles. The van der Waals surface area contributed by atoms with E-state index in [2.05, 4.69) is 10.1 Å². The Labute approximate surface area is 192 Å². The Balaban J connectivity index is 1.28. The van der Waals surface area contributed by atoms with Gasteiger partial charge in [0.2, 0.25) is 4.96 Å². The van der Waals surface area contributed by atoms with Gasteiger partial charge in [-0.05, 0) is 48.0 Å². The number of nitrogens with zero attached hydrogens (tertiary/aromatic N) is 3. The van der Waals surface area contributed by atoms with Crippen molar-refractivity contribution in [2.24, 2.45) is 0 Å². The van der Waals surface area contributed by atoms with Crippen LogP contribution in [0.3, 0.4) is 0 Å². The van der Waals surface area contributed by atoms with Crippen LogP contribution in [0.2, 0.25) is 0 Å². The van der Waals surface area contributed by atoms with Gasteiger partial charge in [-0.25, -0.2) is 0 Å². The first-order chi connectivity index (χ1) is 16.2. The van der Waals surface area contributed by atoms with E-state index in [-0.39, 0.29) is 12.2 Å². The van der Waals surface area contributed by atoms with E-state index in [0.717, 1.165) is 11.3 Å². The van der Waals surface area contributed by atoms with Crippen molar-refractivity contribution in [2.75, 3.05) is 6.61 Å². The third-order valence-corrected chi connectivity index (χ3v) is 6.09. The summed E-state index contributed by atoms with van der Waals surface area (Å²) in [5, 5.41) is 4.40. The van der Waals surface area contributed by atoms with Crippen LogP contribution in [0.15, 0.2) is 83.7 Å². The van der Waals surface area contributed by atoms with Crippen molar-refractivity contribution in [3.05, 3.63) is 105 Å². The highest BCUT2D eigenvalue weighted by Crippen LogP contribution is 2.35. The van der Waals surface area contributed by atoms with Gasteiger partial charge in [0.1, 0.15) is 18.1 Å². The lowest BCUT2D eigenvalue weighted by Crippen LogP contribution is -2.26. The van der Waals surface area contributed by atoms with Crippen LogP contribution in [0.1, 0.15) is 17.5 Å². The lowest BCUT2D eigenvalue weighted by molar-refractivity contribution is 0.0852. The van der Waals surface area contributed by atoms with Gasteiger partial charge in [-0.3, -0.25) is 4.79 Å². The lowest BCUT2D eigenvalue weighted by atomic mass is 10.2. The SMILES string of the molecule is O=c1/c(=C/c2cccc(Oc3ccccc3)c2)sc2nc([C@@H]3COc4ccccc4O3)nn12. The van der Waals surface area contributed by atoms with Crippen LogP contribution in [0, 0.1) is 0 Å². The molecule has 2 aromatic heterocycles. The molecule has 0 bridgehead atoms. The van der Waals surface area contributed by atoms with Crippen LogP contribution in [-0.2, 0) is 0 Å². The highest BCUT2D eigenvalue weighted by atomic mass is 32.1. The van der Waals surface area contributed by atoms with Crippen LogP contribution in [0.4, 0.5) is 0 Å². The number of benzene rings is 3. The average molecular weight is 455 g/mol. The van der Waals surface area contributed by atoms with Crippen LogP contribution in [0.5, 0.6) is 23.0 Å². The molecule has 0 fully saturated rings. The molecule has 0 unspecified atom stereocenters. The molecule has 8 heteroatoms. The van der Waals surface area contributed by atoms with Gasteiger partial charge in [0.05, 0.1) is 4.53 Å². The second-order valence-electron chi connectivity index (χ2n) is 7.43. The predicted octanol–water partition coefficient (Wildman–Crippen LogP) is 4.00. The van der Waals surface area contributed by atoms with Crippen molar-refractivity contribution in [1.82, 2.24) is 14.6 Å². The van der Waals surface area contributed by atoms with E-state index in [9.17, 15) is 4.79 Å². The van der Waals surface area contributed by atoms with Gasteiger partial charge in [-0.2, -0.15) is 9.50 Å². The molecule has 0 saturated carbocycles. The quantitative estimate of drug-likeness (QED) is 0.408. The maximum atomic E-state index is 12.9. The number of aromatic nitrogens is 3. The molecule has 33 heavy (non-hydrogen) atoms. The molecule has 0 saturated heterocycles. The lowest BCUT2D eigenvalue weighted by Gasteiger charge is -2.24. The normalized spacial score (nSPS) is 15.6. The molecule has 0 radical (unpaired) electrons. The van der Waals surface area contributed by atoms with Gasteiger partial charge in [-0.1, -0.05) is 53.8 Å². The molecule has 1 atom stereocenters. The number of hydrogen-bond acceptors (Lipinski definition) is 7. The number of hydrogen-bond donors (Lipinski definition) is 0. The van der Waals surface area contributed by atoms with Crippen molar-refractivity contribution in [1.29, 1.82) is 0 Å². The number of para-hydroxylation sites is 3. The molecule has 3 heterocycles. The maximum Gasteiger partial charge on any atom is 0.291 e. The first-order valence-electron chi connectivity index (χ1n) is 10.4. The molecule has 0 amide bonds. The summed E-state index contributed by atoms with van der Waals surface area (Å²) in [5.74, 6) is 3.20. The zero-order valence-corrected chi connectivity index (χ0v) is 18.1. The zero-order chi connectivity index (χ0) is 22.2. The summed E-state index contributed by atoms with van der Waals surface area (Å²) >= 11 is 1.28. The van der Waals surface area contributed by atoms with Gasteiger partial charge < -0.3 is 14.2 Å². The molecule has 0 aliphatic carbocycles. The minimum Gasteiger partial charge on any atom is -0.485 e. The van der Waals surface area contributed by atoms with Gasteiger partial charge in [0.25, 0.3) is 5.56 Å². The Hall–Kier alpha value is -4.17. The molecular formula is C25H17N3O4S. The zero-order valence-electron chi connectivity index (χ0n) is 17.3. The number of rotatable bonds is 4. The van der Waals surface area contributed by atoms with E-state index in [4.69, 9.17) is 14.2 Å². The minimum absolute atomic E-state index is 0.222. The largest absolute Gasteiger partial charge is 0.485 e. The van der Waals surface area contributed by atoms with Crippen molar-refractivity contribution in [2.45, 2.75) is 6.10 Å².